The van der Waals surface area contributed by atoms with Crippen LogP contribution in [-0.4, -0.2) is 44.0 Å². The highest BCUT2D eigenvalue weighted by Crippen LogP contribution is 2.39. The van der Waals surface area contributed by atoms with Crippen LogP contribution in [0.25, 0.3) is 0 Å². The van der Waals surface area contributed by atoms with Gasteiger partial charge in [-0.15, -0.1) is 0 Å². The van der Waals surface area contributed by atoms with Gasteiger partial charge in [0.15, 0.2) is 0 Å². The van der Waals surface area contributed by atoms with Crippen molar-refractivity contribution in [1.29, 1.82) is 0 Å². The molecular formula is C16H18FN5O4S. The van der Waals surface area contributed by atoms with Crippen LogP contribution in [0.3, 0.4) is 0 Å². The van der Waals surface area contributed by atoms with Crippen LogP contribution < -0.4 is 19.5 Å². The van der Waals surface area contributed by atoms with Crippen molar-refractivity contribution < 1.29 is 17.6 Å². The molecule has 0 radical (unpaired) electrons. The molecule has 9 nitrogen and oxygen atoms in total. The molecular weight excluding hydrogens is 377 g/mol. The predicted octanol–water partition coefficient (Wildman–Crippen LogP) is 0.00822. The number of aromatic nitrogens is 2. The number of fused-ring (bicyclic) bond motifs is 1. The third-order valence-electron chi connectivity index (χ3n) is 4.14. The summed E-state index contributed by atoms with van der Waals surface area (Å²) in [5.41, 5.74) is 0.766. The lowest BCUT2D eigenvalue weighted by Crippen LogP contribution is -2.41. The Balaban J connectivity index is 1.66. The van der Waals surface area contributed by atoms with Gasteiger partial charge in [0.25, 0.3) is 5.56 Å². The van der Waals surface area contributed by atoms with Crippen molar-refractivity contribution in [1.82, 2.24) is 14.9 Å². The van der Waals surface area contributed by atoms with Crippen molar-refractivity contribution in [2.24, 2.45) is 0 Å². The summed E-state index contributed by atoms with van der Waals surface area (Å²) in [6.07, 6.45) is 1.27. The number of rotatable bonds is 5. The Bertz CT molecular complexity index is 1050. The molecule has 0 spiro atoms. The zero-order valence-corrected chi connectivity index (χ0v) is 15.5. The number of hydrogen-bond donors (Lipinski definition) is 1. The number of anilines is 2. The topological polar surface area (TPSA) is 105 Å². The minimum atomic E-state index is -3.83. The average molecular weight is 395 g/mol. The van der Waals surface area contributed by atoms with Crippen molar-refractivity contribution in [3.8, 4) is 0 Å². The summed E-state index contributed by atoms with van der Waals surface area (Å²) in [6, 6.07) is 5.02. The second kappa shape index (κ2) is 6.99. The van der Waals surface area contributed by atoms with E-state index in [4.69, 9.17) is 0 Å². The van der Waals surface area contributed by atoms with Gasteiger partial charge in [0.05, 0.1) is 24.2 Å². The molecule has 1 amide bonds. The highest BCUT2D eigenvalue weighted by molar-refractivity contribution is 7.94. The van der Waals surface area contributed by atoms with E-state index in [2.05, 4.69) is 10.3 Å². The van der Waals surface area contributed by atoms with Crippen molar-refractivity contribution >= 4 is 27.5 Å². The fourth-order valence-electron chi connectivity index (χ4n) is 2.74. The molecule has 0 saturated carbocycles. The Morgan fingerprint density at radius 2 is 2.00 bits per heavy atom. The van der Waals surface area contributed by atoms with E-state index in [0.29, 0.717) is 11.4 Å². The summed E-state index contributed by atoms with van der Waals surface area (Å²) < 4.78 is 41.7. The zero-order chi connectivity index (χ0) is 19.8. The number of carbonyl (C=O) groups excluding carboxylic acids is 1. The molecule has 1 aromatic heterocycles. The van der Waals surface area contributed by atoms with E-state index in [1.807, 2.05) is 0 Å². The molecule has 0 fully saturated rings. The van der Waals surface area contributed by atoms with Gasteiger partial charge < -0.3 is 5.32 Å². The van der Waals surface area contributed by atoms with E-state index in [9.17, 15) is 22.4 Å². The van der Waals surface area contributed by atoms with Crippen LogP contribution in [0.5, 0.6) is 0 Å². The molecule has 11 heteroatoms. The largest absolute Gasteiger partial charge is 0.353 e. The van der Waals surface area contributed by atoms with E-state index < -0.39 is 21.9 Å². The van der Waals surface area contributed by atoms with Crippen molar-refractivity contribution in [3.63, 3.8) is 0 Å². The second-order valence-corrected chi connectivity index (χ2v) is 7.91. The summed E-state index contributed by atoms with van der Waals surface area (Å²) in [7, 11) is -2.45. The lowest BCUT2D eigenvalue weighted by molar-refractivity contribution is -0.121. The molecule has 27 heavy (non-hydrogen) atoms. The number of nitrogens with zero attached hydrogens (tertiary/aromatic N) is 4. The highest BCUT2D eigenvalue weighted by atomic mass is 32.2. The van der Waals surface area contributed by atoms with Crippen molar-refractivity contribution in [2.45, 2.75) is 13.5 Å². The van der Waals surface area contributed by atoms with Crippen molar-refractivity contribution in [3.05, 3.63) is 52.5 Å². The summed E-state index contributed by atoms with van der Waals surface area (Å²) in [6.45, 7) is 1.36. The molecule has 1 N–H and O–H groups in total. The van der Waals surface area contributed by atoms with Gasteiger partial charge in [0, 0.05) is 31.4 Å². The number of aryl methyl sites for hydroxylation is 1. The molecule has 0 aliphatic carbocycles. The Hall–Kier alpha value is -2.95. The summed E-state index contributed by atoms with van der Waals surface area (Å²) in [5, 5.41) is 2.55. The summed E-state index contributed by atoms with van der Waals surface area (Å²) in [5.74, 6) is -1.02. The maximum Gasteiger partial charge on any atom is 0.326 e. The number of carbonyl (C=O) groups is 1. The zero-order valence-electron chi connectivity index (χ0n) is 14.7. The van der Waals surface area contributed by atoms with E-state index in [0.717, 1.165) is 19.2 Å². The van der Waals surface area contributed by atoms with Gasteiger partial charge >= 0.3 is 10.2 Å². The Morgan fingerprint density at radius 3 is 2.70 bits per heavy atom. The van der Waals surface area contributed by atoms with Crippen LogP contribution in [0.2, 0.25) is 0 Å². The van der Waals surface area contributed by atoms with E-state index >= 15 is 0 Å². The molecule has 0 bridgehead atoms. The van der Waals surface area contributed by atoms with Gasteiger partial charge in [-0.1, -0.05) is 0 Å². The first-order chi connectivity index (χ1) is 12.7. The minimum Gasteiger partial charge on any atom is -0.353 e. The van der Waals surface area contributed by atoms with Gasteiger partial charge in [-0.3, -0.25) is 18.5 Å². The number of nitrogens with one attached hydrogen (secondary N) is 1. The van der Waals surface area contributed by atoms with Gasteiger partial charge in [-0.25, -0.2) is 13.7 Å². The molecule has 2 aromatic rings. The average Bonchev–Trinajstić information content (AvgIpc) is 2.77. The molecule has 2 heterocycles. The number of hydrogen-bond acceptors (Lipinski definition) is 5. The fourth-order valence-corrected chi connectivity index (χ4v) is 4.15. The third kappa shape index (κ3) is 3.63. The fraction of sp³-hybridized carbons (Fsp3) is 0.312. The first kappa shape index (κ1) is 18.8. The first-order valence-corrected chi connectivity index (χ1v) is 9.46. The lowest BCUT2D eigenvalue weighted by atomic mass is 10.2. The van der Waals surface area contributed by atoms with E-state index in [-0.39, 0.29) is 30.9 Å². The van der Waals surface area contributed by atoms with Crippen LogP contribution in [0.15, 0.2) is 35.4 Å². The smallest absolute Gasteiger partial charge is 0.326 e. The van der Waals surface area contributed by atoms with Crippen molar-refractivity contribution in [2.75, 3.05) is 28.7 Å². The quantitative estimate of drug-likeness (QED) is 0.768. The minimum absolute atomic E-state index is 0.00407. The number of halogens is 1. The summed E-state index contributed by atoms with van der Waals surface area (Å²) >= 11 is 0. The monoisotopic (exact) mass is 395 g/mol. The van der Waals surface area contributed by atoms with Gasteiger partial charge in [0.2, 0.25) is 5.91 Å². The molecule has 1 aliphatic heterocycles. The SMILES string of the molecule is Cc1cc(=O)n(CC(=O)NCCN2c3cc(F)ccc3N(C)S2(=O)=O)cn1. The lowest BCUT2D eigenvalue weighted by Gasteiger charge is -2.19. The first-order valence-electron chi connectivity index (χ1n) is 8.06. The van der Waals surface area contributed by atoms with Crippen LogP contribution in [0.4, 0.5) is 15.8 Å². The molecule has 144 valence electrons. The maximum absolute atomic E-state index is 13.5. The normalized spacial score (nSPS) is 14.9. The van der Waals surface area contributed by atoms with E-state index in [1.54, 1.807) is 6.92 Å². The molecule has 0 saturated heterocycles. The van der Waals surface area contributed by atoms with Gasteiger partial charge in [-0.05, 0) is 19.1 Å². The van der Waals surface area contributed by atoms with Crippen LogP contribution in [-0.2, 0) is 21.5 Å². The highest BCUT2D eigenvalue weighted by Gasteiger charge is 2.37. The molecule has 0 unspecified atom stereocenters. The molecule has 3 rings (SSSR count). The van der Waals surface area contributed by atoms with Crippen LogP contribution in [0, 0.1) is 12.7 Å². The predicted molar refractivity (Wildman–Crippen MR) is 97.3 cm³/mol. The maximum atomic E-state index is 13.5. The Labute approximate surface area is 155 Å². The van der Waals surface area contributed by atoms with Gasteiger partial charge in [0.1, 0.15) is 12.4 Å². The molecule has 1 aliphatic rings. The molecule has 1 aromatic carbocycles. The summed E-state index contributed by atoms with van der Waals surface area (Å²) in [4.78, 5) is 27.7. The number of benzene rings is 1. The Kier molecular flexibility index (Phi) is 4.87. The second-order valence-electron chi connectivity index (χ2n) is 6.03. The number of amides is 1. The van der Waals surface area contributed by atoms with Crippen LogP contribution >= 0.6 is 0 Å². The molecule has 0 atom stereocenters. The van der Waals surface area contributed by atoms with Crippen LogP contribution in [0.1, 0.15) is 5.69 Å². The Morgan fingerprint density at radius 1 is 1.26 bits per heavy atom. The standard InChI is InChI=1S/C16H18FN5O4S/c1-11-7-16(24)21(10-19-11)9-15(23)18-5-6-22-14-8-12(17)3-4-13(14)20(2)27(22,25)26/h3-4,7-8,10H,5-6,9H2,1-2H3,(H,18,23). The third-order valence-corrected chi connectivity index (χ3v) is 5.96. The van der Waals surface area contributed by atoms with E-state index in [1.165, 1.54) is 31.6 Å². The van der Waals surface area contributed by atoms with Gasteiger partial charge in [-0.2, -0.15) is 8.42 Å².